The average Bonchev–Trinajstić information content (AvgIpc) is 2.77. The minimum Gasteiger partial charge on any atom is -0.467 e. The van der Waals surface area contributed by atoms with Gasteiger partial charge in [-0.2, -0.15) is 0 Å². The van der Waals surface area contributed by atoms with Crippen molar-refractivity contribution >= 4 is 12.1 Å². The van der Waals surface area contributed by atoms with Crippen LogP contribution in [-0.2, 0) is 9.53 Å². The highest BCUT2D eigenvalue weighted by Gasteiger charge is 2.61. The maximum absolute atomic E-state index is 11.3. The van der Waals surface area contributed by atoms with E-state index in [1.807, 2.05) is 6.92 Å². The molecule has 2 atom stereocenters. The van der Waals surface area contributed by atoms with Crippen LogP contribution in [0.15, 0.2) is 0 Å². The van der Waals surface area contributed by atoms with Crippen LogP contribution in [0.5, 0.6) is 0 Å². The van der Waals surface area contributed by atoms with E-state index in [0.717, 1.165) is 6.42 Å². The van der Waals surface area contributed by atoms with Crippen molar-refractivity contribution in [2.24, 2.45) is 5.92 Å². The molecule has 13 heavy (non-hydrogen) atoms. The van der Waals surface area contributed by atoms with Crippen molar-refractivity contribution in [2.75, 3.05) is 7.11 Å². The van der Waals surface area contributed by atoms with Crippen molar-refractivity contribution in [3.05, 3.63) is 0 Å². The lowest BCUT2D eigenvalue weighted by Gasteiger charge is -2.13. The third-order valence-corrected chi connectivity index (χ3v) is 2.48. The van der Waals surface area contributed by atoms with Gasteiger partial charge >= 0.3 is 12.1 Å². The van der Waals surface area contributed by atoms with Crippen molar-refractivity contribution in [2.45, 2.75) is 25.3 Å². The number of nitrogens with one attached hydrogen (secondary N) is 1. The zero-order valence-corrected chi connectivity index (χ0v) is 7.66. The highest BCUT2D eigenvalue weighted by molar-refractivity contribution is 5.89. The number of esters is 1. The van der Waals surface area contributed by atoms with Gasteiger partial charge in [-0.1, -0.05) is 13.3 Å². The summed E-state index contributed by atoms with van der Waals surface area (Å²) in [6, 6.07) is 0. The van der Waals surface area contributed by atoms with Gasteiger partial charge in [-0.15, -0.1) is 0 Å². The van der Waals surface area contributed by atoms with Gasteiger partial charge in [-0.25, -0.2) is 9.59 Å². The van der Waals surface area contributed by atoms with Gasteiger partial charge in [0.2, 0.25) is 0 Å². The lowest BCUT2D eigenvalue weighted by atomic mass is 10.2. The molecule has 5 heteroatoms. The summed E-state index contributed by atoms with van der Waals surface area (Å²) < 4.78 is 4.55. The molecule has 0 aromatic carbocycles. The number of hydrogen-bond donors (Lipinski definition) is 2. The van der Waals surface area contributed by atoms with Crippen LogP contribution < -0.4 is 5.32 Å². The molecular weight excluding hydrogens is 174 g/mol. The number of amides is 1. The standard InChI is InChI=1S/C8H13NO4/c1-3-5-4-8(5,6(10)13-2)9-7(11)12/h5,9H,3-4H2,1-2H3,(H,11,12). The number of rotatable bonds is 3. The Hall–Kier alpha value is -1.26. The van der Waals surface area contributed by atoms with Crippen molar-refractivity contribution in [1.29, 1.82) is 0 Å². The normalized spacial score (nSPS) is 30.8. The number of carbonyl (C=O) groups is 2. The number of hydrogen-bond acceptors (Lipinski definition) is 3. The highest BCUT2D eigenvalue weighted by atomic mass is 16.5. The zero-order chi connectivity index (χ0) is 10.1. The summed E-state index contributed by atoms with van der Waals surface area (Å²) >= 11 is 0. The minimum absolute atomic E-state index is 0.0797. The van der Waals surface area contributed by atoms with Crippen LogP contribution >= 0.6 is 0 Å². The molecule has 0 saturated heterocycles. The summed E-state index contributed by atoms with van der Waals surface area (Å²) in [6.45, 7) is 1.92. The van der Waals surface area contributed by atoms with E-state index in [-0.39, 0.29) is 5.92 Å². The molecule has 0 radical (unpaired) electrons. The van der Waals surface area contributed by atoms with Gasteiger partial charge in [-0.05, 0) is 12.3 Å². The quantitative estimate of drug-likeness (QED) is 0.634. The first-order valence-corrected chi connectivity index (χ1v) is 4.16. The summed E-state index contributed by atoms with van der Waals surface area (Å²) in [7, 11) is 1.26. The Bertz CT molecular complexity index is 240. The first-order chi connectivity index (χ1) is 6.06. The van der Waals surface area contributed by atoms with Gasteiger partial charge in [-0.3, -0.25) is 0 Å². The third kappa shape index (κ3) is 1.59. The molecule has 1 aliphatic rings. The first-order valence-electron chi connectivity index (χ1n) is 4.16. The van der Waals surface area contributed by atoms with Gasteiger partial charge in [0.25, 0.3) is 0 Å². The lowest BCUT2D eigenvalue weighted by Crippen LogP contribution is -2.44. The Kier molecular flexibility index (Phi) is 2.45. The number of carboxylic acid groups (broad SMARTS) is 1. The van der Waals surface area contributed by atoms with Crippen LogP contribution in [0.4, 0.5) is 4.79 Å². The predicted molar refractivity (Wildman–Crippen MR) is 44.3 cm³/mol. The van der Waals surface area contributed by atoms with Gasteiger partial charge in [0.1, 0.15) is 5.54 Å². The van der Waals surface area contributed by atoms with E-state index in [1.54, 1.807) is 0 Å². The molecule has 1 aliphatic carbocycles. The summed E-state index contributed by atoms with van der Waals surface area (Å²) in [5.74, 6) is -0.405. The fourth-order valence-corrected chi connectivity index (χ4v) is 1.65. The summed E-state index contributed by atoms with van der Waals surface area (Å²) in [4.78, 5) is 21.7. The van der Waals surface area contributed by atoms with E-state index >= 15 is 0 Å². The maximum Gasteiger partial charge on any atom is 0.405 e. The summed E-state index contributed by atoms with van der Waals surface area (Å²) in [6.07, 6.45) is 0.138. The van der Waals surface area contributed by atoms with Crippen LogP contribution in [-0.4, -0.2) is 29.8 Å². The van der Waals surface area contributed by atoms with Crippen LogP contribution in [0.2, 0.25) is 0 Å². The smallest absolute Gasteiger partial charge is 0.405 e. The average molecular weight is 187 g/mol. The Balaban J connectivity index is 2.68. The molecule has 0 aromatic rings. The fourth-order valence-electron chi connectivity index (χ4n) is 1.65. The van der Waals surface area contributed by atoms with Crippen LogP contribution in [0, 0.1) is 5.92 Å². The number of methoxy groups -OCH3 is 1. The van der Waals surface area contributed by atoms with Crippen molar-refractivity contribution in [3.8, 4) is 0 Å². The molecule has 0 aliphatic heterocycles. The zero-order valence-electron chi connectivity index (χ0n) is 7.66. The molecule has 1 amide bonds. The molecule has 5 nitrogen and oxygen atoms in total. The van der Waals surface area contributed by atoms with E-state index < -0.39 is 17.6 Å². The van der Waals surface area contributed by atoms with Crippen molar-refractivity contribution in [3.63, 3.8) is 0 Å². The van der Waals surface area contributed by atoms with Gasteiger partial charge in [0, 0.05) is 0 Å². The monoisotopic (exact) mass is 187 g/mol. The van der Waals surface area contributed by atoms with Crippen molar-refractivity contribution in [1.82, 2.24) is 5.32 Å². The molecule has 2 N–H and O–H groups in total. The van der Waals surface area contributed by atoms with E-state index in [4.69, 9.17) is 5.11 Å². The van der Waals surface area contributed by atoms with Gasteiger partial charge in [0.15, 0.2) is 0 Å². The second-order valence-electron chi connectivity index (χ2n) is 3.20. The maximum atomic E-state index is 11.3. The first kappa shape index (κ1) is 9.83. The van der Waals surface area contributed by atoms with E-state index in [1.165, 1.54) is 7.11 Å². The number of carbonyl (C=O) groups excluding carboxylic acids is 1. The second-order valence-corrected chi connectivity index (χ2v) is 3.20. The largest absolute Gasteiger partial charge is 0.467 e. The molecule has 0 spiro atoms. The fraction of sp³-hybridized carbons (Fsp3) is 0.750. The highest BCUT2D eigenvalue weighted by Crippen LogP contribution is 2.46. The van der Waals surface area contributed by atoms with Crippen molar-refractivity contribution < 1.29 is 19.4 Å². The molecule has 74 valence electrons. The molecule has 0 heterocycles. The third-order valence-electron chi connectivity index (χ3n) is 2.48. The van der Waals surface area contributed by atoms with E-state index in [0.29, 0.717) is 6.42 Å². The molecule has 0 bridgehead atoms. The van der Waals surface area contributed by atoms with Crippen LogP contribution in [0.1, 0.15) is 19.8 Å². The molecule has 1 saturated carbocycles. The SMILES string of the molecule is CCC1CC1(NC(=O)O)C(=O)OC. The predicted octanol–water partition coefficient (Wildman–Crippen LogP) is 0.596. The van der Waals surface area contributed by atoms with E-state index in [2.05, 4.69) is 10.1 Å². The molecule has 2 unspecified atom stereocenters. The lowest BCUT2D eigenvalue weighted by molar-refractivity contribution is -0.144. The Labute approximate surface area is 76.1 Å². The summed E-state index contributed by atoms with van der Waals surface area (Å²) in [5, 5.41) is 10.8. The molecule has 1 rings (SSSR count). The summed E-state index contributed by atoms with van der Waals surface area (Å²) in [5.41, 5.74) is -0.963. The van der Waals surface area contributed by atoms with E-state index in [9.17, 15) is 9.59 Å². The second kappa shape index (κ2) is 3.24. The Morgan fingerprint density at radius 1 is 1.69 bits per heavy atom. The Morgan fingerprint density at radius 2 is 2.31 bits per heavy atom. The van der Waals surface area contributed by atoms with Gasteiger partial charge < -0.3 is 15.2 Å². The minimum atomic E-state index is -1.18. The van der Waals surface area contributed by atoms with Gasteiger partial charge in [0.05, 0.1) is 7.11 Å². The van der Waals surface area contributed by atoms with Crippen LogP contribution in [0.25, 0.3) is 0 Å². The van der Waals surface area contributed by atoms with Crippen LogP contribution in [0.3, 0.4) is 0 Å². The molecule has 0 aromatic heterocycles. The molecule has 1 fully saturated rings. The number of ether oxygens (including phenoxy) is 1. The Morgan fingerprint density at radius 3 is 2.62 bits per heavy atom. The topological polar surface area (TPSA) is 75.6 Å². The molecular formula is C8H13NO4.